The van der Waals surface area contributed by atoms with Crippen LogP contribution in [0.15, 0.2) is 18.2 Å². The first kappa shape index (κ1) is 14.2. The van der Waals surface area contributed by atoms with Gasteiger partial charge in [-0.15, -0.1) is 0 Å². The number of amides is 1. The van der Waals surface area contributed by atoms with Gasteiger partial charge >= 0.3 is 0 Å². The van der Waals surface area contributed by atoms with Crippen molar-refractivity contribution in [1.82, 2.24) is 9.80 Å². The van der Waals surface area contributed by atoms with Crippen molar-refractivity contribution >= 4 is 17.3 Å². The van der Waals surface area contributed by atoms with Gasteiger partial charge in [-0.3, -0.25) is 4.79 Å². The molecule has 0 spiro atoms. The van der Waals surface area contributed by atoms with Crippen LogP contribution in [0.4, 0.5) is 11.4 Å². The molecule has 0 aromatic heterocycles. The molecule has 2 aliphatic rings. The van der Waals surface area contributed by atoms with Crippen LogP contribution in [0.1, 0.15) is 12.0 Å². The van der Waals surface area contributed by atoms with E-state index in [1.807, 2.05) is 17.0 Å². The van der Waals surface area contributed by atoms with Crippen LogP contribution >= 0.6 is 0 Å². The number of benzene rings is 1. The summed E-state index contributed by atoms with van der Waals surface area (Å²) in [4.78, 5) is 18.9. The number of rotatable bonds is 2. The first-order chi connectivity index (χ1) is 10.1. The van der Waals surface area contributed by atoms with Crippen molar-refractivity contribution in [3.05, 3.63) is 23.8 Å². The lowest BCUT2D eigenvalue weighted by atomic mass is 10.00. The number of fused-ring (bicyclic) bond motifs is 1. The van der Waals surface area contributed by atoms with E-state index >= 15 is 0 Å². The Morgan fingerprint density at radius 2 is 1.95 bits per heavy atom. The lowest BCUT2D eigenvalue weighted by molar-refractivity contribution is -0.131. The highest BCUT2D eigenvalue weighted by atomic mass is 16.2. The van der Waals surface area contributed by atoms with Gasteiger partial charge in [-0.25, -0.2) is 0 Å². The summed E-state index contributed by atoms with van der Waals surface area (Å²) in [5, 5.41) is 0. The standard InChI is InChI=1S/C16H24N4O/c1-18-8-10-19(11-9-18)16(21)12-20-7-3-4-13-14(17)5-2-6-15(13)20/h2,5-6H,3-4,7-12,17H2,1H3. The Balaban J connectivity index is 1.69. The van der Waals surface area contributed by atoms with Gasteiger partial charge in [-0.05, 0) is 37.6 Å². The van der Waals surface area contributed by atoms with Crippen LogP contribution in [0.25, 0.3) is 0 Å². The number of hydrogen-bond donors (Lipinski definition) is 1. The fourth-order valence-corrected chi connectivity index (χ4v) is 3.21. The quantitative estimate of drug-likeness (QED) is 0.818. The van der Waals surface area contributed by atoms with Crippen LogP contribution in [0.3, 0.4) is 0 Å². The van der Waals surface area contributed by atoms with Crippen LogP contribution in [-0.2, 0) is 11.2 Å². The SMILES string of the molecule is CN1CCN(C(=O)CN2CCCc3c(N)cccc32)CC1. The van der Waals surface area contributed by atoms with E-state index in [2.05, 4.69) is 22.9 Å². The van der Waals surface area contributed by atoms with Crippen molar-refractivity contribution in [2.24, 2.45) is 0 Å². The van der Waals surface area contributed by atoms with Crippen molar-refractivity contribution in [3.8, 4) is 0 Å². The van der Waals surface area contributed by atoms with E-state index in [9.17, 15) is 4.79 Å². The number of carbonyl (C=O) groups is 1. The van der Waals surface area contributed by atoms with E-state index in [0.717, 1.165) is 56.9 Å². The smallest absolute Gasteiger partial charge is 0.242 e. The van der Waals surface area contributed by atoms with E-state index in [4.69, 9.17) is 5.73 Å². The summed E-state index contributed by atoms with van der Waals surface area (Å²) in [6.07, 6.45) is 2.08. The Labute approximate surface area is 126 Å². The Morgan fingerprint density at radius 3 is 2.71 bits per heavy atom. The predicted octanol–water partition coefficient (Wildman–Crippen LogP) is 0.795. The third kappa shape index (κ3) is 2.97. The molecule has 0 radical (unpaired) electrons. The van der Waals surface area contributed by atoms with Crippen molar-refractivity contribution in [3.63, 3.8) is 0 Å². The largest absolute Gasteiger partial charge is 0.398 e. The third-order valence-corrected chi connectivity index (χ3v) is 4.57. The summed E-state index contributed by atoms with van der Waals surface area (Å²) in [6, 6.07) is 6.01. The number of piperazine rings is 1. The second-order valence-electron chi connectivity index (χ2n) is 6.05. The molecule has 1 aromatic rings. The third-order valence-electron chi connectivity index (χ3n) is 4.57. The maximum absolute atomic E-state index is 12.5. The molecule has 2 heterocycles. The van der Waals surface area contributed by atoms with Crippen molar-refractivity contribution in [2.75, 3.05) is 56.9 Å². The van der Waals surface area contributed by atoms with E-state index in [-0.39, 0.29) is 5.91 Å². The number of carbonyl (C=O) groups excluding carboxylic acids is 1. The Hall–Kier alpha value is -1.75. The van der Waals surface area contributed by atoms with Gasteiger partial charge in [0.1, 0.15) is 0 Å². The minimum atomic E-state index is 0.235. The summed E-state index contributed by atoms with van der Waals surface area (Å²) >= 11 is 0. The molecule has 1 aromatic carbocycles. The number of nitrogen functional groups attached to an aromatic ring is 1. The Morgan fingerprint density at radius 1 is 1.19 bits per heavy atom. The maximum atomic E-state index is 12.5. The molecular formula is C16H24N4O. The molecule has 0 aliphatic carbocycles. The summed E-state index contributed by atoms with van der Waals surface area (Å²) < 4.78 is 0. The van der Waals surface area contributed by atoms with Gasteiger partial charge in [-0.1, -0.05) is 6.07 Å². The molecule has 2 aliphatic heterocycles. The van der Waals surface area contributed by atoms with Crippen LogP contribution in [0, 0.1) is 0 Å². The number of nitrogens with two attached hydrogens (primary N) is 1. The zero-order valence-corrected chi connectivity index (χ0v) is 12.7. The zero-order valence-electron chi connectivity index (χ0n) is 12.7. The van der Waals surface area contributed by atoms with Gasteiger partial charge in [0, 0.05) is 44.1 Å². The minimum Gasteiger partial charge on any atom is -0.398 e. The fourth-order valence-electron chi connectivity index (χ4n) is 3.21. The van der Waals surface area contributed by atoms with Gasteiger partial charge < -0.3 is 20.4 Å². The molecule has 0 bridgehead atoms. The number of nitrogens with zero attached hydrogens (tertiary/aromatic N) is 3. The van der Waals surface area contributed by atoms with Gasteiger partial charge in [0.25, 0.3) is 0 Å². The van der Waals surface area contributed by atoms with Crippen LogP contribution in [-0.4, -0.2) is 62.0 Å². The maximum Gasteiger partial charge on any atom is 0.242 e. The highest BCUT2D eigenvalue weighted by Crippen LogP contribution is 2.31. The molecule has 0 saturated carbocycles. The summed E-state index contributed by atoms with van der Waals surface area (Å²) in [7, 11) is 2.10. The van der Waals surface area contributed by atoms with Crippen molar-refractivity contribution < 1.29 is 4.79 Å². The van der Waals surface area contributed by atoms with Crippen molar-refractivity contribution in [1.29, 1.82) is 0 Å². The topological polar surface area (TPSA) is 52.8 Å². The number of hydrogen-bond acceptors (Lipinski definition) is 4. The van der Waals surface area contributed by atoms with Gasteiger partial charge in [0.05, 0.1) is 6.54 Å². The van der Waals surface area contributed by atoms with E-state index in [1.165, 1.54) is 5.56 Å². The fraction of sp³-hybridized carbons (Fsp3) is 0.562. The molecule has 1 fully saturated rings. The number of likely N-dealkylation sites (N-methyl/N-ethyl adjacent to an activating group) is 1. The second-order valence-corrected chi connectivity index (χ2v) is 6.05. The molecule has 1 saturated heterocycles. The molecule has 0 atom stereocenters. The molecule has 114 valence electrons. The lowest BCUT2D eigenvalue weighted by Crippen LogP contribution is -2.50. The first-order valence-corrected chi connectivity index (χ1v) is 7.74. The number of anilines is 2. The average Bonchev–Trinajstić information content (AvgIpc) is 2.49. The molecular weight excluding hydrogens is 264 g/mol. The molecule has 2 N–H and O–H groups in total. The Kier molecular flexibility index (Phi) is 4.01. The molecule has 21 heavy (non-hydrogen) atoms. The zero-order chi connectivity index (χ0) is 14.8. The lowest BCUT2D eigenvalue weighted by Gasteiger charge is -2.36. The van der Waals surface area contributed by atoms with Crippen LogP contribution < -0.4 is 10.6 Å². The first-order valence-electron chi connectivity index (χ1n) is 7.74. The highest BCUT2D eigenvalue weighted by molar-refractivity contribution is 5.83. The highest BCUT2D eigenvalue weighted by Gasteiger charge is 2.24. The molecule has 5 heteroatoms. The monoisotopic (exact) mass is 288 g/mol. The van der Waals surface area contributed by atoms with E-state index in [0.29, 0.717) is 6.54 Å². The van der Waals surface area contributed by atoms with Gasteiger partial charge in [0.15, 0.2) is 0 Å². The normalized spacial score (nSPS) is 19.5. The molecule has 5 nitrogen and oxygen atoms in total. The molecule has 0 unspecified atom stereocenters. The summed E-state index contributed by atoms with van der Waals surface area (Å²) in [6.45, 7) is 5.03. The van der Waals surface area contributed by atoms with E-state index < -0.39 is 0 Å². The van der Waals surface area contributed by atoms with Gasteiger partial charge in [-0.2, -0.15) is 0 Å². The minimum absolute atomic E-state index is 0.235. The summed E-state index contributed by atoms with van der Waals surface area (Å²) in [5.74, 6) is 0.235. The summed E-state index contributed by atoms with van der Waals surface area (Å²) in [5.41, 5.74) is 9.26. The second kappa shape index (κ2) is 5.93. The van der Waals surface area contributed by atoms with E-state index in [1.54, 1.807) is 0 Å². The molecule has 3 rings (SSSR count). The van der Waals surface area contributed by atoms with Crippen LogP contribution in [0.2, 0.25) is 0 Å². The Bertz CT molecular complexity index is 523. The predicted molar refractivity (Wildman–Crippen MR) is 85.5 cm³/mol. The average molecular weight is 288 g/mol. The van der Waals surface area contributed by atoms with Gasteiger partial charge in [0.2, 0.25) is 5.91 Å². The van der Waals surface area contributed by atoms with Crippen molar-refractivity contribution in [2.45, 2.75) is 12.8 Å². The molecule has 1 amide bonds. The van der Waals surface area contributed by atoms with Crippen LogP contribution in [0.5, 0.6) is 0 Å².